The van der Waals surface area contributed by atoms with Gasteiger partial charge in [0.2, 0.25) is 0 Å². The van der Waals surface area contributed by atoms with E-state index in [1.54, 1.807) is 12.3 Å². The molecule has 1 aliphatic carbocycles. The topological polar surface area (TPSA) is 99.8 Å². The number of aromatic nitrogens is 2. The van der Waals surface area contributed by atoms with Crippen molar-refractivity contribution in [3.8, 4) is 22.6 Å². The number of carbonyl (C=O) groups is 1. The molecule has 12 heteroatoms. The molecule has 9 nitrogen and oxygen atoms in total. The van der Waals surface area contributed by atoms with Gasteiger partial charge in [-0.1, -0.05) is 0 Å². The van der Waals surface area contributed by atoms with Crippen molar-refractivity contribution < 1.29 is 23.0 Å². The average Bonchev–Trinajstić information content (AvgIpc) is 3.43. The summed E-state index contributed by atoms with van der Waals surface area (Å²) in [6.45, 7) is 6.20. The van der Waals surface area contributed by atoms with Crippen LogP contribution in [0.4, 0.5) is 14.6 Å². The van der Waals surface area contributed by atoms with E-state index in [-0.39, 0.29) is 49.9 Å². The van der Waals surface area contributed by atoms with Gasteiger partial charge < -0.3 is 29.6 Å². The lowest BCUT2D eigenvalue weighted by Gasteiger charge is -2.39. The molecular formula is C36H45F2N5O4S. The fourth-order valence-electron chi connectivity index (χ4n) is 7.21. The molecule has 0 radical (unpaired) electrons. The SMILES string of the molecule is CSc1cc(C)[nH]c(=O)c1CNC(=O)c1cc(-c2ccc(N3CCC(F)(F)CC3)nc2)c2c(c1C)OC(C)([C@H]1CC[C@H](N(C)C)CC1)O2. The third-order valence-corrected chi connectivity index (χ3v) is 11.1. The summed E-state index contributed by atoms with van der Waals surface area (Å²) >= 11 is 1.46. The number of rotatable bonds is 8. The van der Waals surface area contributed by atoms with Crippen LogP contribution >= 0.6 is 11.8 Å². The van der Waals surface area contributed by atoms with E-state index in [0.717, 1.165) is 41.8 Å². The Morgan fingerprint density at radius 3 is 2.42 bits per heavy atom. The molecule has 1 atom stereocenters. The van der Waals surface area contributed by atoms with Crippen LogP contribution in [0.3, 0.4) is 0 Å². The number of hydrogen-bond acceptors (Lipinski definition) is 8. The number of ether oxygens (including phenoxy) is 2. The van der Waals surface area contributed by atoms with Crippen molar-refractivity contribution in [1.82, 2.24) is 20.2 Å². The highest BCUT2D eigenvalue weighted by Gasteiger charge is 2.48. The number of halogens is 2. The van der Waals surface area contributed by atoms with Crippen molar-refractivity contribution in [2.24, 2.45) is 5.92 Å². The second-order valence-electron chi connectivity index (χ2n) is 13.7. The molecule has 0 bridgehead atoms. The average molecular weight is 682 g/mol. The number of anilines is 1. The minimum Gasteiger partial charge on any atom is -0.448 e. The Kier molecular flexibility index (Phi) is 9.52. The number of thioether (sulfide) groups is 1. The summed E-state index contributed by atoms with van der Waals surface area (Å²) in [7, 11) is 4.23. The van der Waals surface area contributed by atoms with Gasteiger partial charge in [-0.25, -0.2) is 13.8 Å². The number of hydrogen-bond donors (Lipinski definition) is 2. The van der Waals surface area contributed by atoms with Crippen molar-refractivity contribution in [3.63, 3.8) is 0 Å². The normalized spacial score (nSPS) is 23.4. The van der Waals surface area contributed by atoms with Crippen LogP contribution in [-0.4, -0.2) is 72.0 Å². The second kappa shape index (κ2) is 13.3. The molecule has 2 fully saturated rings. The summed E-state index contributed by atoms with van der Waals surface area (Å²) in [4.78, 5) is 39.1. The fourth-order valence-corrected chi connectivity index (χ4v) is 7.92. The Balaban J connectivity index is 1.33. The smallest absolute Gasteiger partial charge is 0.254 e. The van der Waals surface area contributed by atoms with E-state index < -0.39 is 11.7 Å². The maximum Gasteiger partial charge on any atom is 0.254 e. The quantitative estimate of drug-likeness (QED) is 0.259. The van der Waals surface area contributed by atoms with Gasteiger partial charge in [-0.15, -0.1) is 11.8 Å². The van der Waals surface area contributed by atoms with E-state index in [1.165, 1.54) is 11.8 Å². The summed E-state index contributed by atoms with van der Waals surface area (Å²) in [6, 6.07) is 7.94. The van der Waals surface area contributed by atoms with E-state index in [9.17, 15) is 18.4 Å². The van der Waals surface area contributed by atoms with Gasteiger partial charge in [0.1, 0.15) is 5.82 Å². The van der Waals surface area contributed by atoms with Crippen LogP contribution in [0.15, 0.2) is 40.2 Å². The number of benzene rings is 1. The van der Waals surface area contributed by atoms with Crippen molar-refractivity contribution in [2.75, 3.05) is 38.3 Å². The molecule has 48 heavy (non-hydrogen) atoms. The maximum atomic E-state index is 13.9. The van der Waals surface area contributed by atoms with Crippen LogP contribution in [0.2, 0.25) is 0 Å². The lowest BCUT2D eigenvalue weighted by Crippen LogP contribution is -2.46. The van der Waals surface area contributed by atoms with Gasteiger partial charge in [0.05, 0.1) is 0 Å². The van der Waals surface area contributed by atoms with Gasteiger partial charge in [-0.05, 0) is 84.1 Å². The van der Waals surface area contributed by atoms with E-state index in [2.05, 4.69) is 34.3 Å². The molecule has 4 heterocycles. The van der Waals surface area contributed by atoms with Crippen LogP contribution in [0, 0.1) is 19.8 Å². The molecule has 6 rings (SSSR count). The molecular weight excluding hydrogens is 636 g/mol. The lowest BCUT2D eigenvalue weighted by molar-refractivity contribution is -0.123. The third-order valence-electron chi connectivity index (χ3n) is 10.3. The molecule has 3 aromatic rings. The number of pyridine rings is 2. The molecule has 2 N–H and O–H groups in total. The zero-order valence-corrected chi connectivity index (χ0v) is 29.4. The number of piperidine rings is 1. The van der Waals surface area contributed by atoms with Gasteiger partial charge in [0.15, 0.2) is 11.5 Å². The van der Waals surface area contributed by atoms with Gasteiger partial charge in [0.25, 0.3) is 23.2 Å². The molecule has 3 aliphatic rings. The number of nitrogens with one attached hydrogen (secondary N) is 2. The highest BCUT2D eigenvalue weighted by atomic mass is 32.2. The van der Waals surface area contributed by atoms with Crippen LogP contribution < -0.4 is 25.2 Å². The molecule has 0 spiro atoms. The zero-order valence-electron chi connectivity index (χ0n) is 28.5. The Morgan fingerprint density at radius 1 is 1.10 bits per heavy atom. The van der Waals surface area contributed by atoms with Crippen molar-refractivity contribution in [3.05, 3.63) is 63.2 Å². The number of fused-ring (bicyclic) bond motifs is 1. The van der Waals surface area contributed by atoms with Crippen molar-refractivity contribution in [2.45, 2.75) is 88.5 Å². The molecule has 2 aromatic heterocycles. The number of aryl methyl sites for hydroxylation is 1. The van der Waals surface area contributed by atoms with E-state index in [4.69, 9.17) is 9.47 Å². The molecule has 2 aliphatic heterocycles. The standard InChI is InChI=1S/C36H45F2N5O4S/c1-21-17-29(48-6)28(34(45)41-21)20-40-33(44)26-18-27(23-7-12-30(39-19-23)43-15-13-36(37,38)14-16-43)32-31(22(26)2)46-35(3,47-32)24-8-10-25(11-9-24)42(4)5/h7,12,17-19,24-25H,8-11,13-16,20H2,1-6H3,(H,40,44)(H,41,45)/t24-,25-,35?. The number of aromatic amines is 1. The second-order valence-corrected chi connectivity index (χ2v) is 14.6. The first kappa shape index (κ1) is 34.2. The van der Waals surface area contributed by atoms with Gasteiger partial charge >= 0.3 is 0 Å². The van der Waals surface area contributed by atoms with Crippen LogP contribution in [-0.2, 0) is 6.54 Å². The first-order chi connectivity index (χ1) is 22.8. The van der Waals surface area contributed by atoms with Gasteiger partial charge in [0, 0.05) is 96.0 Å². The molecule has 1 aromatic carbocycles. The number of carbonyl (C=O) groups excluding carboxylic acids is 1. The minimum atomic E-state index is -2.64. The minimum absolute atomic E-state index is 0.0613. The summed E-state index contributed by atoms with van der Waals surface area (Å²) in [5.41, 5.74) is 3.46. The summed E-state index contributed by atoms with van der Waals surface area (Å²) in [5.74, 6) is -2.03. The zero-order chi connectivity index (χ0) is 34.4. The molecule has 1 unspecified atom stereocenters. The predicted octanol–water partition coefficient (Wildman–Crippen LogP) is 6.55. The third kappa shape index (κ3) is 6.78. The van der Waals surface area contributed by atoms with E-state index >= 15 is 0 Å². The summed E-state index contributed by atoms with van der Waals surface area (Å²) < 4.78 is 41.0. The molecule has 1 amide bonds. The van der Waals surface area contributed by atoms with Crippen molar-refractivity contribution >= 4 is 23.5 Å². The number of nitrogens with zero attached hydrogens (tertiary/aromatic N) is 3. The number of amides is 1. The Hall–Kier alpha value is -3.64. The van der Waals surface area contributed by atoms with Crippen LogP contribution in [0.1, 0.15) is 72.6 Å². The Labute approximate surface area is 284 Å². The molecule has 1 saturated carbocycles. The Morgan fingerprint density at radius 2 is 1.79 bits per heavy atom. The van der Waals surface area contributed by atoms with Crippen LogP contribution in [0.25, 0.3) is 11.1 Å². The fraction of sp³-hybridized carbons (Fsp3) is 0.528. The monoisotopic (exact) mass is 681 g/mol. The Bertz CT molecular complexity index is 1730. The van der Waals surface area contributed by atoms with E-state index in [1.807, 2.05) is 50.1 Å². The highest BCUT2D eigenvalue weighted by molar-refractivity contribution is 7.98. The van der Waals surface area contributed by atoms with Crippen molar-refractivity contribution in [1.29, 1.82) is 0 Å². The van der Waals surface area contributed by atoms with Crippen LogP contribution in [0.5, 0.6) is 11.5 Å². The summed E-state index contributed by atoms with van der Waals surface area (Å²) in [6.07, 6.45) is 7.18. The first-order valence-electron chi connectivity index (χ1n) is 16.6. The largest absolute Gasteiger partial charge is 0.448 e. The maximum absolute atomic E-state index is 13.9. The first-order valence-corrected chi connectivity index (χ1v) is 17.9. The van der Waals surface area contributed by atoms with Gasteiger partial charge in [-0.2, -0.15) is 0 Å². The highest BCUT2D eigenvalue weighted by Crippen LogP contribution is 2.53. The number of H-pyrrole nitrogens is 1. The van der Waals surface area contributed by atoms with Gasteiger partial charge in [-0.3, -0.25) is 9.59 Å². The molecule has 1 saturated heterocycles. The predicted molar refractivity (Wildman–Crippen MR) is 185 cm³/mol. The summed E-state index contributed by atoms with van der Waals surface area (Å²) in [5, 5.41) is 2.96. The molecule has 258 valence electrons. The lowest BCUT2D eigenvalue weighted by atomic mass is 9.81. The van der Waals surface area contributed by atoms with E-state index in [0.29, 0.717) is 45.6 Å². The number of alkyl halides is 2.